The second-order valence-corrected chi connectivity index (χ2v) is 8.31. The number of aryl methyl sites for hydroxylation is 1. The maximum absolute atomic E-state index is 12.4. The van der Waals surface area contributed by atoms with Crippen molar-refractivity contribution in [3.8, 4) is 5.69 Å². The molecule has 0 bridgehead atoms. The molecule has 0 atom stereocenters. The molecule has 0 radical (unpaired) electrons. The van der Waals surface area contributed by atoms with Gasteiger partial charge >= 0.3 is 0 Å². The van der Waals surface area contributed by atoms with Crippen molar-refractivity contribution < 1.29 is 4.79 Å². The van der Waals surface area contributed by atoms with Crippen LogP contribution in [0.25, 0.3) is 16.7 Å². The number of rotatable bonds is 7. The molecule has 0 saturated heterocycles. The van der Waals surface area contributed by atoms with Gasteiger partial charge in [0.05, 0.1) is 23.3 Å². The van der Waals surface area contributed by atoms with E-state index in [1.54, 1.807) is 6.33 Å². The second-order valence-electron chi connectivity index (χ2n) is 7.37. The number of carbonyl (C=O) groups is 1. The van der Waals surface area contributed by atoms with Gasteiger partial charge in [-0.25, -0.2) is 4.98 Å². The van der Waals surface area contributed by atoms with E-state index < -0.39 is 0 Å². The second kappa shape index (κ2) is 8.71. The highest BCUT2D eigenvalue weighted by molar-refractivity contribution is 7.99. The fourth-order valence-electron chi connectivity index (χ4n) is 3.23. The number of nitrogens with one attached hydrogen (secondary N) is 1. The quantitative estimate of drug-likeness (QED) is 0.462. The van der Waals surface area contributed by atoms with Crippen LogP contribution in [0.15, 0.2) is 60.0 Å². The van der Waals surface area contributed by atoms with Crippen molar-refractivity contribution in [1.29, 1.82) is 0 Å². The first kappa shape index (κ1) is 20.2. The zero-order valence-electron chi connectivity index (χ0n) is 17.2. The number of thioether (sulfide) groups is 1. The molecule has 2 heterocycles. The lowest BCUT2D eigenvalue weighted by atomic mass is 10.0. The number of hydrogen-bond donors (Lipinski definition) is 1. The smallest absolute Gasteiger partial charge is 0.230 e. The van der Waals surface area contributed by atoms with Crippen molar-refractivity contribution in [3.05, 3.63) is 66.2 Å². The molecule has 4 aromatic rings. The lowest BCUT2D eigenvalue weighted by molar-refractivity contribution is -0.118. The standard InChI is InChI=1S/C22H24N6OS/c1-15(2)16-8-10-17(11-9-16)28-14-24-26-22(28)30-13-21(29)23-12-20-25-18-6-4-5-7-19(18)27(20)3/h4-11,14-15H,12-13H2,1-3H3,(H,23,29). The number of aromatic nitrogens is 5. The Bertz CT molecular complexity index is 1160. The molecule has 0 aliphatic carbocycles. The zero-order valence-corrected chi connectivity index (χ0v) is 18.1. The fourth-order valence-corrected chi connectivity index (χ4v) is 3.99. The molecule has 1 N–H and O–H groups in total. The van der Waals surface area contributed by atoms with Crippen LogP contribution in [0.4, 0.5) is 0 Å². The van der Waals surface area contributed by atoms with Gasteiger partial charge in [0, 0.05) is 12.7 Å². The minimum Gasteiger partial charge on any atom is -0.348 e. The first-order chi connectivity index (χ1) is 14.5. The Morgan fingerprint density at radius 3 is 2.63 bits per heavy atom. The molecule has 154 valence electrons. The summed E-state index contributed by atoms with van der Waals surface area (Å²) in [6, 6.07) is 16.2. The molecule has 4 rings (SSSR count). The molecule has 0 spiro atoms. The molecular formula is C22H24N6OS. The van der Waals surface area contributed by atoms with Crippen LogP contribution in [0.5, 0.6) is 0 Å². The van der Waals surface area contributed by atoms with Gasteiger partial charge in [0.25, 0.3) is 0 Å². The van der Waals surface area contributed by atoms with Crippen molar-refractivity contribution in [2.45, 2.75) is 31.5 Å². The summed E-state index contributed by atoms with van der Waals surface area (Å²) < 4.78 is 3.90. The Hall–Kier alpha value is -3.13. The Labute approximate surface area is 179 Å². The van der Waals surface area contributed by atoms with Gasteiger partial charge in [-0.05, 0) is 35.7 Å². The first-order valence-electron chi connectivity index (χ1n) is 9.83. The Kier molecular flexibility index (Phi) is 5.85. The van der Waals surface area contributed by atoms with Crippen LogP contribution in [0.3, 0.4) is 0 Å². The van der Waals surface area contributed by atoms with E-state index in [9.17, 15) is 4.79 Å². The van der Waals surface area contributed by atoms with Gasteiger partial charge in [-0.1, -0.05) is 49.9 Å². The maximum atomic E-state index is 12.4. The third kappa shape index (κ3) is 4.23. The molecule has 0 fully saturated rings. The summed E-state index contributed by atoms with van der Waals surface area (Å²) in [7, 11) is 1.96. The molecule has 0 saturated carbocycles. The average Bonchev–Trinajstić information content (AvgIpc) is 3.35. The predicted molar refractivity (Wildman–Crippen MR) is 119 cm³/mol. The SMILES string of the molecule is CC(C)c1ccc(-n2cnnc2SCC(=O)NCc2nc3ccccc3n2C)cc1. The van der Waals surface area contributed by atoms with E-state index in [-0.39, 0.29) is 11.7 Å². The van der Waals surface area contributed by atoms with Gasteiger partial charge in [0.1, 0.15) is 12.2 Å². The average molecular weight is 421 g/mol. The number of imidazole rings is 1. The van der Waals surface area contributed by atoms with Crippen LogP contribution < -0.4 is 5.32 Å². The largest absolute Gasteiger partial charge is 0.348 e. The monoisotopic (exact) mass is 420 g/mol. The number of para-hydroxylation sites is 2. The van der Waals surface area contributed by atoms with E-state index in [1.807, 2.05) is 40.4 Å². The number of amides is 1. The Balaban J connectivity index is 1.36. The van der Waals surface area contributed by atoms with Crippen LogP contribution in [-0.2, 0) is 18.4 Å². The van der Waals surface area contributed by atoms with Gasteiger partial charge < -0.3 is 9.88 Å². The molecule has 2 aromatic heterocycles. The number of hydrogen-bond acceptors (Lipinski definition) is 5. The molecule has 0 aliphatic rings. The summed E-state index contributed by atoms with van der Waals surface area (Å²) >= 11 is 1.36. The highest BCUT2D eigenvalue weighted by Gasteiger charge is 2.12. The molecule has 2 aromatic carbocycles. The van der Waals surface area contributed by atoms with Crippen LogP contribution in [-0.4, -0.2) is 36.0 Å². The van der Waals surface area contributed by atoms with E-state index in [2.05, 4.69) is 58.6 Å². The topological polar surface area (TPSA) is 77.6 Å². The lowest BCUT2D eigenvalue weighted by Crippen LogP contribution is -2.26. The minimum atomic E-state index is -0.0724. The summed E-state index contributed by atoms with van der Waals surface area (Å²) in [6.07, 6.45) is 1.67. The third-order valence-electron chi connectivity index (χ3n) is 5.01. The Morgan fingerprint density at radius 1 is 1.13 bits per heavy atom. The molecule has 0 unspecified atom stereocenters. The number of carbonyl (C=O) groups excluding carboxylic acids is 1. The van der Waals surface area contributed by atoms with Crippen LogP contribution in [0.2, 0.25) is 0 Å². The Morgan fingerprint density at radius 2 is 1.90 bits per heavy atom. The van der Waals surface area contributed by atoms with Crippen molar-refractivity contribution in [3.63, 3.8) is 0 Å². The third-order valence-corrected chi connectivity index (χ3v) is 5.95. The number of nitrogens with zero attached hydrogens (tertiary/aromatic N) is 5. The van der Waals surface area contributed by atoms with Crippen molar-refractivity contribution >= 4 is 28.7 Å². The maximum Gasteiger partial charge on any atom is 0.230 e. The summed E-state index contributed by atoms with van der Waals surface area (Å²) in [5, 5.41) is 11.8. The lowest BCUT2D eigenvalue weighted by Gasteiger charge is -2.09. The fraction of sp³-hybridized carbons (Fsp3) is 0.273. The highest BCUT2D eigenvalue weighted by Crippen LogP contribution is 2.22. The van der Waals surface area contributed by atoms with Gasteiger partial charge in [0.15, 0.2) is 5.16 Å². The van der Waals surface area contributed by atoms with Gasteiger partial charge in [0.2, 0.25) is 5.91 Å². The molecule has 1 amide bonds. The molecule has 0 aliphatic heterocycles. The van der Waals surface area contributed by atoms with Crippen molar-refractivity contribution in [2.24, 2.45) is 7.05 Å². The van der Waals surface area contributed by atoms with E-state index in [0.717, 1.165) is 22.5 Å². The zero-order chi connectivity index (χ0) is 21.1. The van der Waals surface area contributed by atoms with Crippen LogP contribution >= 0.6 is 11.8 Å². The first-order valence-corrected chi connectivity index (χ1v) is 10.8. The summed E-state index contributed by atoms with van der Waals surface area (Å²) in [6.45, 7) is 4.72. The number of benzene rings is 2. The van der Waals surface area contributed by atoms with Gasteiger partial charge in [-0.15, -0.1) is 10.2 Å². The van der Waals surface area contributed by atoms with E-state index in [4.69, 9.17) is 0 Å². The van der Waals surface area contributed by atoms with E-state index in [1.165, 1.54) is 17.3 Å². The summed E-state index contributed by atoms with van der Waals surface area (Å²) in [5.74, 6) is 1.49. The van der Waals surface area contributed by atoms with E-state index in [0.29, 0.717) is 17.6 Å². The number of fused-ring (bicyclic) bond motifs is 1. The normalized spacial score (nSPS) is 11.3. The highest BCUT2D eigenvalue weighted by atomic mass is 32.2. The van der Waals surface area contributed by atoms with Crippen molar-refractivity contribution in [1.82, 2.24) is 29.6 Å². The van der Waals surface area contributed by atoms with Gasteiger partial charge in [-0.2, -0.15) is 0 Å². The molecular weight excluding hydrogens is 396 g/mol. The summed E-state index contributed by atoms with van der Waals surface area (Å²) in [5.41, 5.74) is 4.23. The molecule has 30 heavy (non-hydrogen) atoms. The summed E-state index contributed by atoms with van der Waals surface area (Å²) in [4.78, 5) is 17.0. The minimum absolute atomic E-state index is 0.0724. The van der Waals surface area contributed by atoms with Crippen LogP contribution in [0.1, 0.15) is 31.2 Å². The molecule has 8 heteroatoms. The van der Waals surface area contributed by atoms with Crippen molar-refractivity contribution in [2.75, 3.05) is 5.75 Å². The predicted octanol–water partition coefficient (Wildman–Crippen LogP) is 3.69. The van der Waals surface area contributed by atoms with Crippen LogP contribution in [0, 0.1) is 0 Å². The van der Waals surface area contributed by atoms with E-state index >= 15 is 0 Å². The van der Waals surface area contributed by atoms with Gasteiger partial charge in [-0.3, -0.25) is 9.36 Å². The molecule has 7 nitrogen and oxygen atoms in total.